The lowest BCUT2D eigenvalue weighted by Crippen LogP contribution is -2.38. The molecular weight excluding hydrogens is 266 g/mol. The normalized spacial score (nSPS) is 15.6. The maximum absolute atomic E-state index is 12.3. The number of urea groups is 1. The smallest absolute Gasteiger partial charge is 0.321 e. The molecule has 1 saturated heterocycles. The Kier molecular flexibility index (Phi) is 4.83. The van der Waals surface area contributed by atoms with Gasteiger partial charge in [-0.05, 0) is 43.5 Å². The second kappa shape index (κ2) is 6.61. The molecule has 0 spiro atoms. The van der Waals surface area contributed by atoms with Crippen molar-refractivity contribution in [2.75, 3.05) is 31.5 Å². The van der Waals surface area contributed by atoms with Gasteiger partial charge in [0.25, 0.3) is 0 Å². The van der Waals surface area contributed by atoms with E-state index in [2.05, 4.69) is 5.32 Å². The molecular formula is C16H23N3O2. The number of carbonyl (C=O) groups is 2. The number of amides is 3. The fourth-order valence-electron chi connectivity index (χ4n) is 2.46. The number of rotatable bonds is 1. The van der Waals surface area contributed by atoms with Crippen LogP contribution < -0.4 is 5.32 Å². The molecule has 1 aliphatic rings. The van der Waals surface area contributed by atoms with Gasteiger partial charge in [0.2, 0.25) is 5.91 Å². The van der Waals surface area contributed by atoms with Crippen LogP contribution in [0.2, 0.25) is 0 Å². The van der Waals surface area contributed by atoms with Gasteiger partial charge in [0, 0.05) is 38.8 Å². The Morgan fingerprint density at radius 1 is 1.00 bits per heavy atom. The van der Waals surface area contributed by atoms with Crippen molar-refractivity contribution >= 4 is 17.6 Å². The van der Waals surface area contributed by atoms with Crippen molar-refractivity contribution in [1.29, 1.82) is 0 Å². The van der Waals surface area contributed by atoms with Crippen molar-refractivity contribution in [3.63, 3.8) is 0 Å². The van der Waals surface area contributed by atoms with E-state index in [-0.39, 0.29) is 11.9 Å². The van der Waals surface area contributed by atoms with E-state index in [9.17, 15) is 9.59 Å². The topological polar surface area (TPSA) is 52.7 Å². The van der Waals surface area contributed by atoms with E-state index in [4.69, 9.17) is 0 Å². The van der Waals surface area contributed by atoms with Crippen LogP contribution in [-0.2, 0) is 4.79 Å². The second-order valence-corrected chi connectivity index (χ2v) is 5.58. The summed E-state index contributed by atoms with van der Waals surface area (Å²) in [6.07, 6.45) is 0.819. The minimum Gasteiger partial charge on any atom is -0.341 e. The number of aryl methyl sites for hydroxylation is 2. The van der Waals surface area contributed by atoms with Gasteiger partial charge >= 0.3 is 6.03 Å². The summed E-state index contributed by atoms with van der Waals surface area (Å²) >= 11 is 0. The monoisotopic (exact) mass is 289 g/mol. The molecule has 5 heteroatoms. The first kappa shape index (κ1) is 15.4. The van der Waals surface area contributed by atoms with Gasteiger partial charge in [0.15, 0.2) is 0 Å². The fourth-order valence-corrected chi connectivity index (χ4v) is 2.46. The van der Waals surface area contributed by atoms with Crippen LogP contribution in [0.5, 0.6) is 0 Å². The molecule has 0 unspecified atom stereocenters. The van der Waals surface area contributed by atoms with Crippen molar-refractivity contribution in [3.05, 3.63) is 29.3 Å². The van der Waals surface area contributed by atoms with E-state index in [1.54, 1.807) is 16.7 Å². The summed E-state index contributed by atoms with van der Waals surface area (Å²) < 4.78 is 0. The summed E-state index contributed by atoms with van der Waals surface area (Å²) in [4.78, 5) is 27.3. The lowest BCUT2D eigenvalue weighted by atomic mass is 10.1. The van der Waals surface area contributed by atoms with Gasteiger partial charge in [-0.1, -0.05) is 6.07 Å². The molecule has 1 aromatic carbocycles. The van der Waals surface area contributed by atoms with Gasteiger partial charge in [-0.3, -0.25) is 4.79 Å². The van der Waals surface area contributed by atoms with E-state index >= 15 is 0 Å². The highest BCUT2D eigenvalue weighted by atomic mass is 16.2. The van der Waals surface area contributed by atoms with Gasteiger partial charge in [-0.15, -0.1) is 0 Å². The summed E-state index contributed by atoms with van der Waals surface area (Å²) in [5.41, 5.74) is 3.18. The maximum atomic E-state index is 12.3. The van der Waals surface area contributed by atoms with Crippen LogP contribution in [0.4, 0.5) is 10.5 Å². The number of anilines is 1. The molecule has 0 atom stereocenters. The summed E-state index contributed by atoms with van der Waals surface area (Å²) in [6.45, 7) is 8.24. The highest BCUT2D eigenvalue weighted by molar-refractivity contribution is 5.89. The molecule has 1 fully saturated rings. The molecule has 1 N–H and O–H groups in total. The van der Waals surface area contributed by atoms with Gasteiger partial charge in [0.05, 0.1) is 0 Å². The molecule has 1 aliphatic heterocycles. The van der Waals surface area contributed by atoms with Crippen molar-refractivity contribution < 1.29 is 9.59 Å². The van der Waals surface area contributed by atoms with Crippen molar-refractivity contribution in [2.45, 2.75) is 27.2 Å². The lowest BCUT2D eigenvalue weighted by molar-refractivity contribution is -0.128. The molecule has 1 aromatic rings. The van der Waals surface area contributed by atoms with Crippen molar-refractivity contribution in [2.24, 2.45) is 0 Å². The Balaban J connectivity index is 1.96. The number of benzene rings is 1. The van der Waals surface area contributed by atoms with Crippen molar-refractivity contribution in [3.8, 4) is 0 Å². The third-order valence-corrected chi connectivity index (χ3v) is 3.99. The summed E-state index contributed by atoms with van der Waals surface area (Å²) in [5, 5.41) is 2.94. The van der Waals surface area contributed by atoms with Crippen molar-refractivity contribution in [1.82, 2.24) is 9.80 Å². The van der Waals surface area contributed by atoms with Gasteiger partial charge in [-0.2, -0.15) is 0 Å². The van der Waals surface area contributed by atoms with Crippen LogP contribution in [-0.4, -0.2) is 47.9 Å². The third-order valence-electron chi connectivity index (χ3n) is 3.99. The first-order valence-electron chi connectivity index (χ1n) is 7.36. The van der Waals surface area contributed by atoms with Gasteiger partial charge in [-0.25, -0.2) is 4.79 Å². The first-order valence-corrected chi connectivity index (χ1v) is 7.36. The number of nitrogens with zero attached hydrogens (tertiary/aromatic N) is 2. The molecule has 0 aromatic heterocycles. The zero-order valence-corrected chi connectivity index (χ0v) is 13.0. The molecule has 3 amide bonds. The zero-order chi connectivity index (χ0) is 15.4. The standard InChI is InChI=1S/C16H23N3O2/c1-12-5-6-15(11-13(12)2)17-16(21)19-8-4-7-18(9-10-19)14(3)20/h5-6,11H,4,7-10H2,1-3H3,(H,17,21). The van der Waals surface area contributed by atoms with E-state index in [0.29, 0.717) is 19.6 Å². The number of hydrogen-bond donors (Lipinski definition) is 1. The van der Waals surface area contributed by atoms with Gasteiger partial charge in [0.1, 0.15) is 0 Å². The van der Waals surface area contributed by atoms with E-state index in [1.165, 1.54) is 5.56 Å². The molecule has 21 heavy (non-hydrogen) atoms. The predicted octanol–water partition coefficient (Wildman–Crippen LogP) is 2.39. The van der Waals surface area contributed by atoms with Crippen LogP contribution in [0.1, 0.15) is 24.5 Å². The molecule has 0 radical (unpaired) electrons. The molecule has 5 nitrogen and oxygen atoms in total. The molecule has 1 heterocycles. The quantitative estimate of drug-likeness (QED) is 0.863. The average molecular weight is 289 g/mol. The molecule has 0 saturated carbocycles. The molecule has 0 aliphatic carbocycles. The highest BCUT2D eigenvalue weighted by Gasteiger charge is 2.20. The van der Waals surface area contributed by atoms with Crippen LogP contribution in [0.3, 0.4) is 0 Å². The molecule has 0 bridgehead atoms. The summed E-state index contributed by atoms with van der Waals surface area (Å²) in [7, 11) is 0. The minimum absolute atomic E-state index is 0.0754. The average Bonchev–Trinajstić information content (AvgIpc) is 2.69. The van der Waals surface area contributed by atoms with E-state index < -0.39 is 0 Å². The fraction of sp³-hybridized carbons (Fsp3) is 0.500. The van der Waals surface area contributed by atoms with Crippen LogP contribution in [0.15, 0.2) is 18.2 Å². The van der Waals surface area contributed by atoms with Crippen LogP contribution >= 0.6 is 0 Å². The maximum Gasteiger partial charge on any atom is 0.321 e. The molecule has 2 rings (SSSR count). The Morgan fingerprint density at radius 3 is 2.33 bits per heavy atom. The third kappa shape index (κ3) is 3.97. The van der Waals surface area contributed by atoms with Crippen LogP contribution in [0, 0.1) is 13.8 Å². The predicted molar refractivity (Wildman–Crippen MR) is 83.4 cm³/mol. The number of carbonyl (C=O) groups excluding carboxylic acids is 2. The Bertz CT molecular complexity index is 542. The number of hydrogen-bond acceptors (Lipinski definition) is 2. The Labute approximate surface area is 125 Å². The summed E-state index contributed by atoms with van der Waals surface area (Å²) in [5.74, 6) is 0.0754. The second-order valence-electron chi connectivity index (χ2n) is 5.58. The van der Waals surface area contributed by atoms with E-state index in [1.807, 2.05) is 32.0 Å². The van der Waals surface area contributed by atoms with E-state index in [0.717, 1.165) is 24.2 Å². The number of nitrogens with one attached hydrogen (secondary N) is 1. The van der Waals surface area contributed by atoms with Crippen LogP contribution in [0.25, 0.3) is 0 Å². The zero-order valence-electron chi connectivity index (χ0n) is 13.0. The SMILES string of the molecule is CC(=O)N1CCCN(C(=O)Nc2ccc(C)c(C)c2)CC1. The highest BCUT2D eigenvalue weighted by Crippen LogP contribution is 2.15. The lowest BCUT2D eigenvalue weighted by Gasteiger charge is -2.22. The summed E-state index contributed by atoms with van der Waals surface area (Å²) in [6, 6.07) is 5.81. The first-order chi connectivity index (χ1) is 9.97. The van der Waals surface area contributed by atoms with Gasteiger partial charge < -0.3 is 15.1 Å². The molecule has 114 valence electrons. The Morgan fingerprint density at radius 2 is 1.67 bits per heavy atom. The largest absolute Gasteiger partial charge is 0.341 e. The minimum atomic E-state index is -0.0938. The Hall–Kier alpha value is -2.04.